The van der Waals surface area contributed by atoms with Crippen LogP contribution < -0.4 is 10.1 Å². The van der Waals surface area contributed by atoms with Crippen molar-refractivity contribution in [1.82, 2.24) is 9.62 Å². The Morgan fingerprint density at radius 1 is 0.971 bits per heavy atom. The highest BCUT2D eigenvalue weighted by molar-refractivity contribution is 7.89. The number of carbonyl (C=O) groups excluding carboxylic acids is 1. The number of sulfonamides is 1. The van der Waals surface area contributed by atoms with Gasteiger partial charge in [-0.3, -0.25) is 4.79 Å². The zero-order valence-corrected chi connectivity index (χ0v) is 19.8. The van der Waals surface area contributed by atoms with Crippen LogP contribution in [-0.4, -0.2) is 58.6 Å². The molecule has 8 heteroatoms. The zero-order valence-electron chi connectivity index (χ0n) is 19.0. The highest BCUT2D eigenvalue weighted by Crippen LogP contribution is 2.27. The Morgan fingerprint density at radius 2 is 1.56 bits per heavy atom. The summed E-state index contributed by atoms with van der Waals surface area (Å²) in [6.45, 7) is 1.61. The molecule has 3 aromatic carbocycles. The second-order valence-corrected chi connectivity index (χ2v) is 9.90. The zero-order chi connectivity index (χ0) is 24.0. The van der Waals surface area contributed by atoms with E-state index in [1.807, 2.05) is 60.7 Å². The van der Waals surface area contributed by atoms with Crippen LogP contribution in [-0.2, 0) is 14.8 Å². The minimum absolute atomic E-state index is 0.0578. The van der Waals surface area contributed by atoms with E-state index in [9.17, 15) is 13.2 Å². The number of hydrogen-bond acceptors (Lipinski definition) is 5. The van der Waals surface area contributed by atoms with Gasteiger partial charge in [0.2, 0.25) is 10.0 Å². The van der Waals surface area contributed by atoms with Crippen molar-refractivity contribution in [3.63, 3.8) is 0 Å². The van der Waals surface area contributed by atoms with Crippen molar-refractivity contribution >= 4 is 15.9 Å². The number of morpholine rings is 1. The normalized spacial score (nSPS) is 14.6. The van der Waals surface area contributed by atoms with Crippen LogP contribution in [0.3, 0.4) is 0 Å². The van der Waals surface area contributed by atoms with Crippen molar-refractivity contribution in [3.8, 4) is 5.75 Å². The van der Waals surface area contributed by atoms with Gasteiger partial charge >= 0.3 is 0 Å². The van der Waals surface area contributed by atoms with Crippen LogP contribution in [0.25, 0.3) is 0 Å². The lowest BCUT2D eigenvalue weighted by Gasteiger charge is -2.26. The minimum Gasteiger partial charge on any atom is -0.496 e. The van der Waals surface area contributed by atoms with Gasteiger partial charge in [0.05, 0.1) is 30.8 Å². The molecule has 0 spiro atoms. The summed E-state index contributed by atoms with van der Waals surface area (Å²) in [6.07, 6.45) is 0. The van der Waals surface area contributed by atoms with Gasteiger partial charge in [-0.2, -0.15) is 4.31 Å². The van der Waals surface area contributed by atoms with E-state index in [4.69, 9.17) is 9.47 Å². The van der Waals surface area contributed by atoms with Crippen LogP contribution >= 0.6 is 0 Å². The molecule has 1 amide bonds. The molecule has 0 saturated carbocycles. The number of ether oxygens (including phenoxy) is 2. The first-order chi connectivity index (χ1) is 16.5. The third kappa shape index (κ3) is 5.30. The Hall–Kier alpha value is -3.20. The number of rotatable bonds is 8. The largest absolute Gasteiger partial charge is 0.496 e. The first-order valence-electron chi connectivity index (χ1n) is 11.1. The lowest BCUT2D eigenvalue weighted by molar-refractivity contribution is 0.0730. The van der Waals surface area contributed by atoms with Gasteiger partial charge in [-0.1, -0.05) is 60.7 Å². The summed E-state index contributed by atoms with van der Waals surface area (Å²) < 4.78 is 38.2. The molecule has 0 radical (unpaired) electrons. The fourth-order valence-corrected chi connectivity index (χ4v) is 5.48. The summed E-state index contributed by atoms with van der Waals surface area (Å²) >= 11 is 0. The number of methoxy groups -OCH3 is 1. The third-order valence-corrected chi connectivity index (χ3v) is 7.79. The molecular weight excluding hydrogens is 452 g/mol. The molecule has 1 aliphatic rings. The standard InChI is InChI=1S/C26H28N2O5S/c1-32-25-13-12-22(34(30,31)28-14-16-33-17-15-28)18-23(25)26(29)27-19-24(20-8-4-2-5-9-20)21-10-6-3-7-11-21/h2-13,18,24H,14-17,19H2,1H3,(H,27,29). The summed E-state index contributed by atoms with van der Waals surface area (Å²) in [7, 11) is -2.29. The van der Waals surface area contributed by atoms with Crippen LogP contribution in [0.1, 0.15) is 27.4 Å². The quantitative estimate of drug-likeness (QED) is 0.535. The number of carbonyl (C=O) groups is 1. The van der Waals surface area contributed by atoms with E-state index in [2.05, 4.69) is 5.32 Å². The summed E-state index contributed by atoms with van der Waals surface area (Å²) in [5.41, 5.74) is 2.32. The van der Waals surface area contributed by atoms with E-state index in [0.29, 0.717) is 25.5 Å². The highest BCUT2D eigenvalue weighted by Gasteiger charge is 2.28. The van der Waals surface area contributed by atoms with Crippen LogP contribution in [0.2, 0.25) is 0 Å². The van der Waals surface area contributed by atoms with Crippen molar-refractivity contribution in [2.24, 2.45) is 0 Å². The molecule has 0 atom stereocenters. The molecule has 0 aromatic heterocycles. The predicted octanol–water partition coefficient (Wildman–Crippen LogP) is 3.28. The van der Waals surface area contributed by atoms with Crippen LogP contribution in [0.5, 0.6) is 5.75 Å². The van der Waals surface area contributed by atoms with Gasteiger partial charge in [0, 0.05) is 25.6 Å². The molecule has 0 unspecified atom stereocenters. The Balaban J connectivity index is 1.58. The number of nitrogens with zero attached hydrogens (tertiary/aromatic N) is 1. The molecule has 1 N–H and O–H groups in total. The van der Waals surface area contributed by atoms with Gasteiger partial charge in [-0.25, -0.2) is 8.42 Å². The third-order valence-electron chi connectivity index (χ3n) is 5.89. The van der Waals surface area contributed by atoms with Crippen molar-refractivity contribution in [2.45, 2.75) is 10.8 Å². The van der Waals surface area contributed by atoms with Gasteiger partial charge in [-0.15, -0.1) is 0 Å². The maximum Gasteiger partial charge on any atom is 0.255 e. The van der Waals surface area contributed by atoms with Crippen LogP contribution in [0.4, 0.5) is 0 Å². The van der Waals surface area contributed by atoms with E-state index in [-0.39, 0.29) is 29.5 Å². The first-order valence-corrected chi connectivity index (χ1v) is 12.6. The molecule has 1 saturated heterocycles. The minimum atomic E-state index is -3.74. The van der Waals surface area contributed by atoms with E-state index < -0.39 is 15.9 Å². The smallest absolute Gasteiger partial charge is 0.255 e. The lowest BCUT2D eigenvalue weighted by atomic mass is 9.91. The summed E-state index contributed by atoms with van der Waals surface area (Å²) in [5, 5.41) is 2.98. The van der Waals surface area contributed by atoms with E-state index in [1.54, 1.807) is 0 Å². The number of hydrogen-bond donors (Lipinski definition) is 1. The van der Waals surface area contributed by atoms with Gasteiger partial charge in [0.25, 0.3) is 5.91 Å². The topological polar surface area (TPSA) is 84.9 Å². The fourth-order valence-electron chi connectivity index (χ4n) is 4.05. The molecule has 1 heterocycles. The van der Waals surface area contributed by atoms with Gasteiger partial charge < -0.3 is 14.8 Å². The Bertz CT molecular complexity index is 1170. The summed E-state index contributed by atoms with van der Waals surface area (Å²) in [4.78, 5) is 13.3. The molecular formula is C26H28N2O5S. The fraction of sp³-hybridized carbons (Fsp3) is 0.269. The molecule has 4 rings (SSSR count). The maximum atomic E-state index is 13.2. The molecule has 3 aromatic rings. The number of amides is 1. The molecule has 34 heavy (non-hydrogen) atoms. The monoisotopic (exact) mass is 480 g/mol. The molecule has 0 bridgehead atoms. The van der Waals surface area contributed by atoms with E-state index >= 15 is 0 Å². The van der Waals surface area contributed by atoms with Gasteiger partial charge in [0.15, 0.2) is 0 Å². The van der Waals surface area contributed by atoms with Gasteiger partial charge in [-0.05, 0) is 29.3 Å². The predicted molar refractivity (Wildman–Crippen MR) is 130 cm³/mol. The summed E-state index contributed by atoms with van der Waals surface area (Å²) in [5.74, 6) is -0.139. The lowest BCUT2D eigenvalue weighted by Crippen LogP contribution is -2.40. The molecule has 1 aliphatic heterocycles. The number of benzene rings is 3. The van der Waals surface area contributed by atoms with Crippen LogP contribution in [0.15, 0.2) is 83.8 Å². The Labute approximate surface area is 200 Å². The number of nitrogens with one attached hydrogen (secondary N) is 1. The first kappa shape index (κ1) is 23.9. The Kier molecular flexibility index (Phi) is 7.62. The molecule has 1 fully saturated rings. The average molecular weight is 481 g/mol. The van der Waals surface area contributed by atoms with Crippen molar-refractivity contribution < 1.29 is 22.7 Å². The molecule has 7 nitrogen and oxygen atoms in total. The van der Waals surface area contributed by atoms with E-state index in [1.165, 1.54) is 29.6 Å². The van der Waals surface area contributed by atoms with Crippen LogP contribution in [0, 0.1) is 0 Å². The van der Waals surface area contributed by atoms with Crippen molar-refractivity contribution in [1.29, 1.82) is 0 Å². The average Bonchev–Trinajstić information content (AvgIpc) is 2.90. The highest BCUT2D eigenvalue weighted by atomic mass is 32.2. The van der Waals surface area contributed by atoms with Crippen molar-refractivity contribution in [2.75, 3.05) is 40.0 Å². The van der Waals surface area contributed by atoms with Gasteiger partial charge in [0.1, 0.15) is 5.75 Å². The van der Waals surface area contributed by atoms with Crippen molar-refractivity contribution in [3.05, 3.63) is 95.6 Å². The maximum absolute atomic E-state index is 13.2. The second kappa shape index (κ2) is 10.8. The SMILES string of the molecule is COc1ccc(S(=O)(=O)N2CCOCC2)cc1C(=O)NCC(c1ccccc1)c1ccccc1. The summed E-state index contributed by atoms with van der Waals surface area (Å²) in [6, 6.07) is 24.3. The van der Waals surface area contributed by atoms with E-state index in [0.717, 1.165) is 11.1 Å². The molecule has 178 valence electrons. The Morgan fingerprint density at radius 3 is 2.12 bits per heavy atom. The second-order valence-electron chi connectivity index (χ2n) is 7.96. The molecule has 0 aliphatic carbocycles.